The molecule has 0 amide bonds. The zero-order valence-corrected chi connectivity index (χ0v) is 16.5. The predicted molar refractivity (Wildman–Crippen MR) is 96.7 cm³/mol. The molecule has 0 unspecified atom stereocenters. The summed E-state index contributed by atoms with van der Waals surface area (Å²) < 4.78 is 56.6. The van der Waals surface area contributed by atoms with E-state index in [9.17, 15) is 16.8 Å². The lowest BCUT2D eigenvalue weighted by molar-refractivity contribution is 0.362. The van der Waals surface area contributed by atoms with Gasteiger partial charge in [-0.2, -0.15) is 0 Å². The van der Waals surface area contributed by atoms with Crippen LogP contribution in [0.1, 0.15) is 44.7 Å². The summed E-state index contributed by atoms with van der Waals surface area (Å²) in [4.78, 5) is 0. The van der Waals surface area contributed by atoms with Gasteiger partial charge >= 0.3 is 5.22 Å². The molecule has 0 aliphatic carbocycles. The third-order valence-corrected chi connectivity index (χ3v) is 7.14. The third-order valence-electron chi connectivity index (χ3n) is 3.66. The Bertz CT molecular complexity index is 922. The Morgan fingerprint density at radius 2 is 1.73 bits per heavy atom. The lowest BCUT2D eigenvalue weighted by Gasteiger charge is -2.15. The molecule has 0 spiro atoms. The second-order valence-corrected chi connectivity index (χ2v) is 10.4. The molecule has 1 atom stereocenters. The van der Waals surface area contributed by atoms with E-state index >= 15 is 0 Å². The average molecular weight is 402 g/mol. The standard InChI is InChI=1S/C16H23N3O5S2/c1-4-10-25(20,21)19-14(11-13-8-6-5-7-9-13)15-17-18-16(24-15)26(22,23)12(2)3/h5-9,12,14,19H,4,10-11H2,1-3H3/t14-/m0/s1. The first-order valence-electron chi connectivity index (χ1n) is 8.27. The van der Waals surface area contributed by atoms with Gasteiger partial charge < -0.3 is 4.42 Å². The summed E-state index contributed by atoms with van der Waals surface area (Å²) in [5, 5.41) is 6.16. The van der Waals surface area contributed by atoms with Gasteiger partial charge in [0.2, 0.25) is 25.8 Å². The molecule has 0 radical (unpaired) electrons. The Kier molecular flexibility index (Phi) is 6.53. The number of sulfone groups is 1. The largest absolute Gasteiger partial charge is 0.411 e. The van der Waals surface area contributed by atoms with Gasteiger partial charge in [0.25, 0.3) is 0 Å². The minimum Gasteiger partial charge on any atom is -0.411 e. The van der Waals surface area contributed by atoms with Gasteiger partial charge in [-0.25, -0.2) is 21.6 Å². The van der Waals surface area contributed by atoms with Crippen molar-refractivity contribution in [3.63, 3.8) is 0 Å². The van der Waals surface area contributed by atoms with Gasteiger partial charge in [-0.15, -0.1) is 5.10 Å². The van der Waals surface area contributed by atoms with Gasteiger partial charge in [0.05, 0.1) is 11.0 Å². The van der Waals surface area contributed by atoms with Crippen LogP contribution in [0.25, 0.3) is 0 Å². The Hall–Kier alpha value is -1.78. The van der Waals surface area contributed by atoms with E-state index in [0.717, 1.165) is 5.56 Å². The van der Waals surface area contributed by atoms with Gasteiger partial charge in [0.15, 0.2) is 0 Å². The Balaban J connectivity index is 2.36. The van der Waals surface area contributed by atoms with E-state index in [1.807, 2.05) is 30.3 Å². The van der Waals surface area contributed by atoms with Gasteiger partial charge in [-0.1, -0.05) is 42.4 Å². The first-order chi connectivity index (χ1) is 12.2. The van der Waals surface area contributed by atoms with Crippen LogP contribution in [0.5, 0.6) is 0 Å². The van der Waals surface area contributed by atoms with Crippen molar-refractivity contribution < 1.29 is 21.3 Å². The SMILES string of the molecule is CCCS(=O)(=O)N[C@@H](Cc1ccccc1)c1nnc(S(=O)(=O)C(C)C)o1. The third kappa shape index (κ3) is 5.12. The van der Waals surface area contributed by atoms with Crippen LogP contribution < -0.4 is 4.72 Å². The van der Waals surface area contributed by atoms with Crippen molar-refractivity contribution >= 4 is 19.9 Å². The van der Waals surface area contributed by atoms with E-state index in [0.29, 0.717) is 6.42 Å². The highest BCUT2D eigenvalue weighted by molar-refractivity contribution is 7.91. The number of nitrogens with zero attached hydrogens (tertiary/aromatic N) is 2. The quantitative estimate of drug-likeness (QED) is 0.681. The summed E-state index contributed by atoms with van der Waals surface area (Å²) in [5.74, 6) is -0.128. The van der Waals surface area contributed by atoms with Crippen molar-refractivity contribution in [2.75, 3.05) is 5.75 Å². The second-order valence-electron chi connectivity index (χ2n) is 6.18. The molecular formula is C16H23N3O5S2. The number of benzene rings is 1. The fraction of sp³-hybridized carbons (Fsp3) is 0.500. The molecule has 0 saturated carbocycles. The van der Waals surface area contributed by atoms with Crippen molar-refractivity contribution in [2.24, 2.45) is 0 Å². The summed E-state index contributed by atoms with van der Waals surface area (Å²) in [6, 6.07) is 8.33. The highest BCUT2D eigenvalue weighted by Crippen LogP contribution is 2.22. The first kappa shape index (κ1) is 20.5. The molecule has 144 valence electrons. The number of hydrogen-bond donors (Lipinski definition) is 1. The number of rotatable bonds is 9. The highest BCUT2D eigenvalue weighted by Gasteiger charge is 2.30. The van der Waals surface area contributed by atoms with E-state index in [2.05, 4.69) is 14.9 Å². The zero-order valence-electron chi connectivity index (χ0n) is 14.9. The van der Waals surface area contributed by atoms with E-state index in [-0.39, 0.29) is 18.1 Å². The minimum absolute atomic E-state index is 0.0520. The van der Waals surface area contributed by atoms with Crippen LogP contribution in [-0.4, -0.2) is 38.0 Å². The second kappa shape index (κ2) is 8.28. The molecule has 0 saturated heterocycles. The van der Waals surface area contributed by atoms with Gasteiger partial charge in [0, 0.05) is 0 Å². The maximum atomic E-state index is 12.2. The van der Waals surface area contributed by atoms with Crippen molar-refractivity contribution in [3.05, 3.63) is 41.8 Å². The van der Waals surface area contributed by atoms with Crippen LogP contribution >= 0.6 is 0 Å². The smallest absolute Gasteiger partial charge is 0.335 e. The maximum Gasteiger partial charge on any atom is 0.335 e. The van der Waals surface area contributed by atoms with Crippen LogP contribution in [0.15, 0.2) is 40.0 Å². The molecule has 1 aromatic carbocycles. The molecule has 1 heterocycles. The van der Waals surface area contributed by atoms with Gasteiger partial charge in [0.1, 0.15) is 6.04 Å². The lowest BCUT2D eigenvalue weighted by Crippen LogP contribution is -2.32. The van der Waals surface area contributed by atoms with Crippen LogP contribution in [0.2, 0.25) is 0 Å². The average Bonchev–Trinajstić information content (AvgIpc) is 3.05. The Labute approximate surface area is 154 Å². The van der Waals surface area contributed by atoms with E-state index in [1.54, 1.807) is 6.92 Å². The van der Waals surface area contributed by atoms with Crippen LogP contribution in [-0.2, 0) is 26.3 Å². The summed E-state index contributed by atoms with van der Waals surface area (Å²) in [5.41, 5.74) is 0.850. The number of hydrogen-bond acceptors (Lipinski definition) is 7. The van der Waals surface area contributed by atoms with Crippen molar-refractivity contribution in [2.45, 2.75) is 50.1 Å². The molecule has 2 rings (SSSR count). The maximum absolute atomic E-state index is 12.2. The Morgan fingerprint density at radius 3 is 2.31 bits per heavy atom. The lowest BCUT2D eigenvalue weighted by atomic mass is 10.1. The van der Waals surface area contributed by atoms with Crippen molar-refractivity contribution in [1.29, 1.82) is 0 Å². The summed E-state index contributed by atoms with van der Waals surface area (Å²) in [7, 11) is -7.30. The first-order valence-corrected chi connectivity index (χ1v) is 11.5. The van der Waals surface area contributed by atoms with E-state index in [1.165, 1.54) is 13.8 Å². The van der Waals surface area contributed by atoms with Gasteiger partial charge in [-0.05, 0) is 32.3 Å². The Morgan fingerprint density at radius 1 is 1.08 bits per heavy atom. The molecule has 2 aromatic rings. The fourth-order valence-corrected chi connectivity index (χ4v) is 4.28. The molecule has 10 heteroatoms. The van der Waals surface area contributed by atoms with Crippen molar-refractivity contribution in [1.82, 2.24) is 14.9 Å². The highest BCUT2D eigenvalue weighted by atomic mass is 32.2. The summed E-state index contributed by atoms with van der Waals surface area (Å²) in [6.07, 6.45) is 0.706. The number of nitrogens with one attached hydrogen (secondary N) is 1. The molecule has 0 bridgehead atoms. The topological polar surface area (TPSA) is 119 Å². The van der Waals surface area contributed by atoms with E-state index < -0.39 is 36.4 Å². The normalized spacial score (nSPS) is 13.8. The molecular weight excluding hydrogens is 378 g/mol. The molecule has 26 heavy (non-hydrogen) atoms. The molecule has 1 N–H and O–H groups in total. The molecule has 1 aromatic heterocycles. The van der Waals surface area contributed by atoms with Crippen LogP contribution in [0, 0.1) is 0 Å². The number of sulfonamides is 1. The monoisotopic (exact) mass is 401 g/mol. The van der Waals surface area contributed by atoms with E-state index in [4.69, 9.17) is 4.42 Å². The van der Waals surface area contributed by atoms with Crippen LogP contribution in [0.3, 0.4) is 0 Å². The fourth-order valence-electron chi connectivity index (χ4n) is 2.25. The minimum atomic E-state index is -3.73. The zero-order chi connectivity index (χ0) is 19.4. The number of aromatic nitrogens is 2. The summed E-state index contributed by atoms with van der Waals surface area (Å²) >= 11 is 0. The predicted octanol–water partition coefficient (Wildman–Crippen LogP) is 1.86. The van der Waals surface area contributed by atoms with Crippen molar-refractivity contribution in [3.8, 4) is 0 Å². The van der Waals surface area contributed by atoms with Gasteiger partial charge in [-0.3, -0.25) is 0 Å². The van der Waals surface area contributed by atoms with Crippen LogP contribution in [0.4, 0.5) is 0 Å². The summed E-state index contributed by atoms with van der Waals surface area (Å²) in [6.45, 7) is 4.76. The molecule has 0 aliphatic heterocycles. The molecule has 0 fully saturated rings. The molecule has 8 nitrogen and oxygen atoms in total. The molecule has 0 aliphatic rings.